The van der Waals surface area contributed by atoms with Crippen LogP contribution >= 0.6 is 0 Å². The second-order valence-corrected chi connectivity index (χ2v) is 11.1. The van der Waals surface area contributed by atoms with Gasteiger partial charge in [-0.25, -0.2) is 4.79 Å². The van der Waals surface area contributed by atoms with Crippen molar-refractivity contribution in [3.05, 3.63) is 146 Å². The molecule has 1 aliphatic heterocycles. The number of nitro benzene ring substituents is 1. The average molecular weight is 665 g/mol. The number of primary amides is 1. The molecule has 1 aliphatic rings. The summed E-state index contributed by atoms with van der Waals surface area (Å²) in [5.41, 5.74) is 6.80. The molecule has 0 fully saturated rings. The molecule has 0 radical (unpaired) electrons. The van der Waals surface area contributed by atoms with Crippen LogP contribution in [-0.2, 0) is 45.1 Å². The highest BCUT2D eigenvalue weighted by molar-refractivity contribution is 5.98. The van der Waals surface area contributed by atoms with E-state index in [1.165, 1.54) is 31.4 Å². The zero-order chi connectivity index (χ0) is 34.9. The van der Waals surface area contributed by atoms with Gasteiger partial charge in [0.2, 0.25) is 5.91 Å². The summed E-state index contributed by atoms with van der Waals surface area (Å²) in [7, 11) is 1.37. The second-order valence-electron chi connectivity index (χ2n) is 11.1. The van der Waals surface area contributed by atoms with Gasteiger partial charge in [-0.2, -0.15) is 0 Å². The van der Waals surface area contributed by atoms with Gasteiger partial charge in [0.25, 0.3) is 5.69 Å². The molecule has 250 valence electrons. The quantitative estimate of drug-likeness (QED) is 0.0705. The van der Waals surface area contributed by atoms with E-state index in [1.807, 2.05) is 0 Å². The number of nitro groups is 1. The van der Waals surface area contributed by atoms with Crippen molar-refractivity contribution in [1.82, 2.24) is 0 Å². The smallest absolute Gasteiger partial charge is 0.343 e. The number of rotatable bonds is 11. The zero-order valence-electron chi connectivity index (χ0n) is 26.5. The third-order valence-electron chi connectivity index (χ3n) is 7.88. The lowest BCUT2D eigenvalue weighted by Crippen LogP contribution is -2.23. The summed E-state index contributed by atoms with van der Waals surface area (Å²) in [4.78, 5) is 64.6. The van der Waals surface area contributed by atoms with Gasteiger partial charge in [-0.15, -0.1) is 0 Å². The van der Waals surface area contributed by atoms with Crippen LogP contribution in [0.25, 0.3) is 0 Å². The minimum atomic E-state index is -1.52. The van der Waals surface area contributed by atoms with E-state index >= 15 is 0 Å². The first-order valence-corrected chi connectivity index (χ1v) is 15.2. The monoisotopic (exact) mass is 664 g/mol. The molecule has 49 heavy (non-hydrogen) atoms. The first-order valence-electron chi connectivity index (χ1n) is 15.2. The normalized spacial score (nSPS) is 13.4. The van der Waals surface area contributed by atoms with Crippen molar-refractivity contribution in [2.75, 3.05) is 7.11 Å². The van der Waals surface area contributed by atoms with Crippen LogP contribution in [0.2, 0.25) is 0 Å². The fourth-order valence-electron chi connectivity index (χ4n) is 5.38. The Bertz CT molecular complexity index is 1920. The molecule has 1 atom stereocenters. The molecule has 0 spiro atoms. The third-order valence-corrected chi connectivity index (χ3v) is 7.88. The van der Waals surface area contributed by atoms with Crippen LogP contribution in [0.1, 0.15) is 60.9 Å². The standard InChI is InChI=1S/C37H32N2O10/c1-46-26-17-30(35(38)41)27-15-9-8-14-25-16-32(39(44)45)29(19-28(25)37(43)49-33(27)18-26)31(36(42)48-22-24-12-6-3-7-13-24)20-34(40)47-21-23-10-4-2-5-11-23/h2-13,16-19,31H,14-15,20-22H2,1H3,(H2,38,41)/b9-8+/t31-/m0/s1. The van der Waals surface area contributed by atoms with E-state index in [2.05, 4.69) is 0 Å². The van der Waals surface area contributed by atoms with Crippen molar-refractivity contribution in [2.24, 2.45) is 5.73 Å². The molecule has 0 unspecified atom stereocenters. The Balaban J connectivity index is 1.55. The molecule has 12 heteroatoms. The lowest BCUT2D eigenvalue weighted by Gasteiger charge is -2.20. The van der Waals surface area contributed by atoms with Gasteiger partial charge in [0, 0.05) is 28.8 Å². The maximum atomic E-state index is 13.8. The van der Waals surface area contributed by atoms with E-state index in [1.54, 1.807) is 72.8 Å². The predicted octanol–water partition coefficient (Wildman–Crippen LogP) is 5.54. The van der Waals surface area contributed by atoms with Crippen LogP contribution in [0.4, 0.5) is 5.69 Å². The summed E-state index contributed by atoms with van der Waals surface area (Å²) in [5, 5.41) is 12.4. The summed E-state index contributed by atoms with van der Waals surface area (Å²) < 4.78 is 22.0. The number of ether oxygens (including phenoxy) is 4. The van der Waals surface area contributed by atoms with Gasteiger partial charge in [-0.3, -0.25) is 24.5 Å². The summed E-state index contributed by atoms with van der Waals surface area (Å²) in [5.74, 6) is -4.74. The molecule has 12 nitrogen and oxygen atoms in total. The number of carbonyl (C=O) groups is 4. The van der Waals surface area contributed by atoms with Crippen molar-refractivity contribution < 1.29 is 43.0 Å². The molecule has 4 aromatic carbocycles. The largest absolute Gasteiger partial charge is 0.497 e. The molecular formula is C37H32N2O10. The van der Waals surface area contributed by atoms with Gasteiger partial charge in [-0.05, 0) is 41.7 Å². The van der Waals surface area contributed by atoms with E-state index in [0.29, 0.717) is 16.7 Å². The highest BCUT2D eigenvalue weighted by atomic mass is 16.6. The number of nitrogens with zero attached hydrogens (tertiary/aromatic N) is 1. The summed E-state index contributed by atoms with van der Waals surface area (Å²) in [6.45, 7) is -0.256. The number of hydrogen-bond acceptors (Lipinski definition) is 10. The Hall–Kier alpha value is -6.30. The van der Waals surface area contributed by atoms with Crippen molar-refractivity contribution >= 4 is 29.5 Å². The Morgan fingerprint density at radius 3 is 2.14 bits per heavy atom. The molecule has 4 aromatic rings. The van der Waals surface area contributed by atoms with E-state index < -0.39 is 46.8 Å². The van der Waals surface area contributed by atoms with Crippen molar-refractivity contribution in [3.8, 4) is 11.5 Å². The van der Waals surface area contributed by atoms with Crippen LogP contribution in [0.3, 0.4) is 0 Å². The lowest BCUT2D eigenvalue weighted by molar-refractivity contribution is -0.385. The number of amides is 1. The van der Waals surface area contributed by atoms with E-state index in [0.717, 1.165) is 0 Å². The zero-order valence-corrected chi connectivity index (χ0v) is 26.5. The molecule has 0 aromatic heterocycles. The first-order chi connectivity index (χ1) is 23.6. The van der Waals surface area contributed by atoms with Crippen LogP contribution in [0.15, 0.2) is 97.1 Å². The topological polar surface area (TPSA) is 174 Å². The SMILES string of the molecule is COc1cc2c(c(C(N)=O)c1)C/C=C/Cc1cc([N+](=O)[O-])c([C@H](CC(=O)OCc3ccccc3)C(=O)OCc3ccccc3)cc1C(=O)O2. The molecule has 0 bridgehead atoms. The van der Waals surface area contributed by atoms with Crippen LogP contribution in [0, 0.1) is 10.1 Å². The van der Waals surface area contributed by atoms with Gasteiger partial charge in [0.15, 0.2) is 0 Å². The lowest BCUT2D eigenvalue weighted by atomic mass is 9.89. The van der Waals surface area contributed by atoms with Crippen LogP contribution in [0.5, 0.6) is 11.5 Å². The summed E-state index contributed by atoms with van der Waals surface area (Å²) >= 11 is 0. The third kappa shape index (κ3) is 8.35. The van der Waals surface area contributed by atoms with Crippen molar-refractivity contribution in [1.29, 1.82) is 0 Å². The van der Waals surface area contributed by atoms with Gasteiger partial charge in [0.05, 0.1) is 29.9 Å². The molecule has 1 heterocycles. The van der Waals surface area contributed by atoms with Crippen molar-refractivity contribution in [2.45, 2.75) is 38.4 Å². The maximum absolute atomic E-state index is 13.8. The number of methoxy groups -OCH3 is 1. The predicted molar refractivity (Wildman–Crippen MR) is 176 cm³/mol. The van der Waals surface area contributed by atoms with Gasteiger partial charge < -0.3 is 24.7 Å². The van der Waals surface area contributed by atoms with Gasteiger partial charge >= 0.3 is 17.9 Å². The number of nitrogens with two attached hydrogens (primary N) is 1. The minimum Gasteiger partial charge on any atom is -0.497 e. The second kappa shape index (κ2) is 15.5. The molecular weight excluding hydrogens is 632 g/mol. The Kier molecular flexibility index (Phi) is 10.8. The minimum absolute atomic E-state index is 0.00105. The number of esters is 3. The molecule has 2 N–H and O–H groups in total. The summed E-state index contributed by atoms with van der Waals surface area (Å²) in [6.07, 6.45) is 3.03. The molecule has 0 aliphatic carbocycles. The first kappa shape index (κ1) is 34.0. The highest BCUT2D eigenvalue weighted by Gasteiger charge is 2.35. The molecule has 0 saturated heterocycles. The molecule has 1 amide bonds. The van der Waals surface area contributed by atoms with Crippen LogP contribution in [-0.4, -0.2) is 35.8 Å². The Morgan fingerprint density at radius 2 is 1.53 bits per heavy atom. The molecule has 5 rings (SSSR count). The number of fused-ring (bicyclic) bond motifs is 2. The average Bonchev–Trinajstić information content (AvgIpc) is 3.11. The summed E-state index contributed by atoms with van der Waals surface area (Å²) in [6, 6.07) is 22.9. The van der Waals surface area contributed by atoms with Crippen LogP contribution < -0.4 is 15.2 Å². The van der Waals surface area contributed by atoms with Gasteiger partial charge in [0.1, 0.15) is 24.7 Å². The Morgan fingerprint density at radius 1 is 0.898 bits per heavy atom. The number of allylic oxidation sites excluding steroid dienone is 2. The fraction of sp³-hybridized carbons (Fsp3) is 0.189. The van der Waals surface area contributed by atoms with E-state index in [4.69, 9.17) is 24.7 Å². The van der Waals surface area contributed by atoms with Crippen molar-refractivity contribution in [3.63, 3.8) is 0 Å². The Labute approximate surface area is 281 Å². The molecule has 0 saturated carbocycles. The number of hydrogen-bond donors (Lipinski definition) is 1. The fourth-order valence-corrected chi connectivity index (χ4v) is 5.38. The highest BCUT2D eigenvalue weighted by Crippen LogP contribution is 2.36. The number of benzene rings is 4. The number of carbonyl (C=O) groups excluding carboxylic acids is 4. The maximum Gasteiger partial charge on any atom is 0.343 e. The van der Waals surface area contributed by atoms with Gasteiger partial charge in [-0.1, -0.05) is 72.8 Å². The van der Waals surface area contributed by atoms with E-state index in [-0.39, 0.29) is 59.8 Å². The van der Waals surface area contributed by atoms with E-state index in [9.17, 15) is 29.3 Å².